The van der Waals surface area contributed by atoms with E-state index in [0.717, 1.165) is 64.2 Å². The molecule has 0 aromatic rings. The third kappa shape index (κ3) is 36.4. The van der Waals surface area contributed by atoms with Crippen molar-refractivity contribution >= 4 is 5.91 Å². The molecule has 3 saturated heterocycles. The summed E-state index contributed by atoms with van der Waals surface area (Å²) < 4.78 is 34.2. The average Bonchev–Trinajstić information content (AvgIpc) is 0.900. The van der Waals surface area contributed by atoms with Crippen molar-refractivity contribution in [3.05, 3.63) is 85.1 Å². The molecular formula is C74H129NO18. The van der Waals surface area contributed by atoms with E-state index in [1.807, 2.05) is 19.1 Å². The van der Waals surface area contributed by atoms with Gasteiger partial charge in [-0.05, 0) is 77.6 Å². The Hall–Kier alpha value is -3.03. The third-order valence-corrected chi connectivity index (χ3v) is 17.8. The maximum atomic E-state index is 13.3. The highest BCUT2D eigenvalue weighted by atomic mass is 16.8. The number of rotatable bonds is 55. The molecule has 17 atom stereocenters. The highest BCUT2D eigenvalue weighted by Gasteiger charge is 2.53. The molecule has 93 heavy (non-hydrogen) atoms. The summed E-state index contributed by atoms with van der Waals surface area (Å²) in [6, 6.07) is -0.995. The van der Waals surface area contributed by atoms with Gasteiger partial charge in [0, 0.05) is 6.42 Å². The minimum Gasteiger partial charge on any atom is -0.394 e. The van der Waals surface area contributed by atoms with Gasteiger partial charge in [0.15, 0.2) is 18.9 Å². The van der Waals surface area contributed by atoms with E-state index in [4.69, 9.17) is 28.4 Å². The van der Waals surface area contributed by atoms with E-state index in [9.17, 15) is 61.0 Å². The number of ether oxygens (including phenoxy) is 6. The minimum atomic E-state index is -1.98. The smallest absolute Gasteiger partial charge is 0.220 e. The molecule has 17 unspecified atom stereocenters. The molecule has 12 N–H and O–H groups in total. The predicted molar refractivity (Wildman–Crippen MR) is 364 cm³/mol. The Bertz CT molecular complexity index is 2010. The highest BCUT2D eigenvalue weighted by Crippen LogP contribution is 2.33. The summed E-state index contributed by atoms with van der Waals surface area (Å²) in [5, 5.41) is 120. The summed E-state index contributed by atoms with van der Waals surface area (Å²) in [7, 11) is 0. The summed E-state index contributed by atoms with van der Waals surface area (Å²) in [4.78, 5) is 13.3. The van der Waals surface area contributed by atoms with Crippen molar-refractivity contribution in [2.75, 3.05) is 26.4 Å². The number of allylic oxidation sites excluding steroid dienone is 13. The van der Waals surface area contributed by atoms with Crippen LogP contribution in [0.1, 0.15) is 245 Å². The molecule has 1 amide bonds. The fourth-order valence-corrected chi connectivity index (χ4v) is 11.9. The van der Waals surface area contributed by atoms with Gasteiger partial charge in [-0.3, -0.25) is 4.79 Å². The zero-order valence-electron chi connectivity index (χ0n) is 57.0. The Morgan fingerprint density at radius 1 is 0.409 bits per heavy atom. The van der Waals surface area contributed by atoms with Crippen LogP contribution in [-0.4, -0.2) is 193 Å². The van der Waals surface area contributed by atoms with Gasteiger partial charge in [-0.15, -0.1) is 0 Å². The highest BCUT2D eigenvalue weighted by molar-refractivity contribution is 5.76. The van der Waals surface area contributed by atoms with Crippen molar-refractivity contribution in [2.24, 2.45) is 0 Å². The third-order valence-electron chi connectivity index (χ3n) is 17.8. The van der Waals surface area contributed by atoms with Crippen molar-refractivity contribution in [1.29, 1.82) is 0 Å². The molecule has 3 fully saturated rings. The Morgan fingerprint density at radius 3 is 1.20 bits per heavy atom. The maximum Gasteiger partial charge on any atom is 0.220 e. The Balaban J connectivity index is 1.26. The van der Waals surface area contributed by atoms with Gasteiger partial charge in [0.25, 0.3) is 0 Å². The average molecular weight is 1320 g/mol. The van der Waals surface area contributed by atoms with E-state index in [0.29, 0.717) is 12.8 Å². The van der Waals surface area contributed by atoms with Gasteiger partial charge < -0.3 is 89.9 Å². The second-order valence-electron chi connectivity index (χ2n) is 25.7. The molecule has 19 nitrogen and oxygen atoms in total. The van der Waals surface area contributed by atoms with Crippen LogP contribution < -0.4 is 5.32 Å². The van der Waals surface area contributed by atoms with Crippen LogP contribution >= 0.6 is 0 Å². The largest absolute Gasteiger partial charge is 0.394 e. The van der Waals surface area contributed by atoms with Gasteiger partial charge in [-0.25, -0.2) is 0 Å². The van der Waals surface area contributed by atoms with Crippen LogP contribution in [0.3, 0.4) is 0 Å². The molecule has 0 aromatic carbocycles. The quantitative estimate of drug-likeness (QED) is 0.0199. The second kappa shape index (κ2) is 54.9. The molecule has 0 aromatic heterocycles. The van der Waals surface area contributed by atoms with Crippen molar-refractivity contribution in [3.8, 4) is 0 Å². The molecular weight excluding hydrogens is 1190 g/mol. The number of carbonyl (C=O) groups is 1. The molecule has 19 heteroatoms. The number of hydrogen-bond donors (Lipinski definition) is 12. The van der Waals surface area contributed by atoms with Crippen LogP contribution in [-0.2, 0) is 33.2 Å². The van der Waals surface area contributed by atoms with E-state index < -0.39 is 124 Å². The zero-order valence-corrected chi connectivity index (χ0v) is 57.0. The summed E-state index contributed by atoms with van der Waals surface area (Å²) in [6.45, 7) is 1.34. The number of aliphatic hydroxyl groups excluding tert-OH is 11. The van der Waals surface area contributed by atoms with Crippen LogP contribution in [0.25, 0.3) is 0 Å². The normalized spacial score (nSPS) is 28.0. The number of aliphatic hydroxyl groups is 11. The Kier molecular flexibility index (Phi) is 49.7. The zero-order chi connectivity index (χ0) is 67.5. The van der Waals surface area contributed by atoms with Gasteiger partial charge in [-0.2, -0.15) is 0 Å². The first kappa shape index (κ1) is 84.2. The number of hydrogen-bond acceptors (Lipinski definition) is 18. The van der Waals surface area contributed by atoms with Crippen LogP contribution in [0, 0.1) is 0 Å². The lowest BCUT2D eigenvalue weighted by Gasteiger charge is -2.48. The van der Waals surface area contributed by atoms with Gasteiger partial charge in [0.05, 0.1) is 38.6 Å². The molecule has 0 aliphatic carbocycles. The monoisotopic (exact) mass is 1320 g/mol. The van der Waals surface area contributed by atoms with Crippen molar-refractivity contribution in [2.45, 2.75) is 349 Å². The molecule has 0 saturated carbocycles. The first-order chi connectivity index (χ1) is 45.3. The Labute approximate surface area is 559 Å². The fourth-order valence-electron chi connectivity index (χ4n) is 11.9. The van der Waals surface area contributed by atoms with Gasteiger partial charge in [-0.1, -0.05) is 246 Å². The van der Waals surface area contributed by atoms with Gasteiger partial charge in [0.1, 0.15) is 73.2 Å². The molecule has 538 valence electrons. The first-order valence-electron chi connectivity index (χ1n) is 36.3. The predicted octanol–water partition coefficient (Wildman–Crippen LogP) is 10.3. The van der Waals surface area contributed by atoms with Gasteiger partial charge >= 0.3 is 0 Å². The summed E-state index contributed by atoms with van der Waals surface area (Å²) in [5.74, 6) is -0.292. The summed E-state index contributed by atoms with van der Waals surface area (Å²) in [5.41, 5.74) is 0. The van der Waals surface area contributed by atoms with Crippen molar-refractivity contribution in [3.63, 3.8) is 0 Å². The van der Waals surface area contributed by atoms with E-state index in [1.165, 1.54) is 148 Å². The van der Waals surface area contributed by atoms with Crippen molar-refractivity contribution in [1.82, 2.24) is 5.32 Å². The molecule has 0 radical (unpaired) electrons. The minimum absolute atomic E-state index is 0.232. The number of nitrogens with one attached hydrogen (secondary N) is 1. The van der Waals surface area contributed by atoms with Crippen LogP contribution in [0.15, 0.2) is 85.1 Å². The maximum absolute atomic E-state index is 13.3. The molecule has 3 rings (SSSR count). The molecule has 3 aliphatic heterocycles. The first-order valence-corrected chi connectivity index (χ1v) is 36.3. The number of carbonyl (C=O) groups excluding carboxylic acids is 1. The number of amides is 1. The van der Waals surface area contributed by atoms with Crippen LogP contribution in [0.2, 0.25) is 0 Å². The van der Waals surface area contributed by atoms with Crippen LogP contribution in [0.5, 0.6) is 0 Å². The molecule has 3 aliphatic rings. The topological polar surface area (TPSA) is 307 Å². The standard InChI is InChI=1S/C74H129NO18/c1-3-5-7-9-11-13-14-15-16-17-18-19-20-21-22-23-24-25-26-27-28-29-30-31-32-33-34-35-36-37-38-39-40-41-42-44-46-48-50-52-62(80)75-57(58(79)51-49-47-45-43-12-10-8-6-4-2)56-88-72-68(86)65(83)70(60(54-77)90-72)93-74-69(87)66(84)71(61(55-78)91-74)92-73-67(85)64(82)63(81)59(53-76)89-73/h4-7,11-13,15-16,18-19,43,49,51,57-61,63-74,76-79,81-87H,3,8-10,14,17,20-42,44-48,50,52-56H2,1-2H3,(H,75,80)/b6-4+,7-5-,13-11-,16-15-,19-18-,43-12+,51-49+. The number of unbranched alkanes of at least 4 members (excludes halogenated alkanes) is 28. The lowest BCUT2D eigenvalue weighted by Crippen LogP contribution is -2.66. The van der Waals surface area contributed by atoms with Crippen molar-refractivity contribution < 1.29 is 89.4 Å². The molecule has 3 heterocycles. The van der Waals surface area contributed by atoms with Gasteiger partial charge in [0.2, 0.25) is 5.91 Å². The summed E-state index contributed by atoms with van der Waals surface area (Å²) in [6.07, 6.45) is 45.1. The second-order valence-corrected chi connectivity index (χ2v) is 25.7. The fraction of sp³-hybridized carbons (Fsp3) is 0.797. The molecule has 0 bridgehead atoms. The summed E-state index contributed by atoms with van der Waals surface area (Å²) >= 11 is 0. The Morgan fingerprint density at radius 2 is 0.763 bits per heavy atom. The lowest BCUT2D eigenvalue weighted by molar-refractivity contribution is -0.379. The van der Waals surface area contributed by atoms with E-state index >= 15 is 0 Å². The van der Waals surface area contributed by atoms with E-state index in [-0.39, 0.29) is 18.9 Å². The SMILES string of the molecule is C/C=C/CC/C=C/CC/C=C/C(O)C(COC1OC(CO)C(OC2OC(CO)C(OC3OC(CO)C(O)C(O)C3O)C(O)C2O)C(O)C1O)NC(=O)CCCCCCCCCCCCCCCCCCCCCCCCCCCC/C=C\C/C=C\C/C=C\C/C=C\CC. The van der Waals surface area contributed by atoms with E-state index in [1.54, 1.807) is 6.08 Å². The van der Waals surface area contributed by atoms with E-state index in [2.05, 4.69) is 79.1 Å². The molecule has 0 spiro atoms. The van der Waals surface area contributed by atoms with Crippen LogP contribution in [0.4, 0.5) is 0 Å². The lowest BCUT2D eigenvalue weighted by atomic mass is 9.96.